The number of hydrogen-bond donors (Lipinski definition) is 1. The molecule has 1 aromatic carbocycles. The number of halogens is 1. The van der Waals surface area contributed by atoms with Gasteiger partial charge in [-0.05, 0) is 38.1 Å². The maximum atomic E-state index is 12.2. The Hall–Kier alpha value is -1.52. The quantitative estimate of drug-likeness (QED) is 0.871. The third kappa shape index (κ3) is 5.06. The van der Waals surface area contributed by atoms with Crippen LogP contribution in [0.4, 0.5) is 0 Å². The van der Waals surface area contributed by atoms with Crippen LogP contribution in [0.5, 0.6) is 5.75 Å². The number of carbonyl (C=O) groups excluding carboxylic acids is 1. The van der Waals surface area contributed by atoms with Crippen molar-refractivity contribution in [2.45, 2.75) is 13.3 Å². The van der Waals surface area contributed by atoms with Gasteiger partial charge in [-0.2, -0.15) is 0 Å². The van der Waals surface area contributed by atoms with Gasteiger partial charge in [0.15, 0.2) is 0 Å². The van der Waals surface area contributed by atoms with E-state index in [4.69, 9.17) is 4.74 Å². The molecule has 1 amide bonds. The van der Waals surface area contributed by atoms with Crippen molar-refractivity contribution < 1.29 is 9.53 Å². The number of hydrogen-bond acceptors (Lipinski definition) is 3. The minimum atomic E-state index is 0. The molecule has 1 saturated heterocycles. The van der Waals surface area contributed by atoms with Crippen LogP contribution in [0.3, 0.4) is 0 Å². The monoisotopic (exact) mass is 310 g/mol. The molecule has 1 aliphatic rings. The molecular formula is C16H23ClN2O2. The van der Waals surface area contributed by atoms with Gasteiger partial charge < -0.3 is 15.0 Å². The lowest BCUT2D eigenvalue weighted by atomic mass is 10.1. The van der Waals surface area contributed by atoms with Gasteiger partial charge in [0.25, 0.3) is 0 Å². The number of nitrogens with zero attached hydrogens (tertiary/aromatic N) is 1. The number of ether oxygens (including phenoxy) is 1. The van der Waals surface area contributed by atoms with Crippen molar-refractivity contribution in [2.75, 3.05) is 33.3 Å². The lowest BCUT2D eigenvalue weighted by Gasteiger charge is -2.17. The first-order chi connectivity index (χ1) is 9.70. The number of nitrogens with one attached hydrogen (secondary N) is 1. The van der Waals surface area contributed by atoms with Crippen LogP contribution in [-0.2, 0) is 4.79 Å². The van der Waals surface area contributed by atoms with Crippen LogP contribution >= 0.6 is 12.4 Å². The molecule has 0 aromatic heterocycles. The number of methoxy groups -OCH3 is 1. The maximum absolute atomic E-state index is 12.2. The molecule has 5 heteroatoms. The fourth-order valence-corrected chi connectivity index (χ4v) is 2.32. The first-order valence-corrected chi connectivity index (χ1v) is 7.03. The molecule has 1 fully saturated rings. The van der Waals surface area contributed by atoms with Crippen LogP contribution in [0, 0.1) is 6.92 Å². The van der Waals surface area contributed by atoms with Gasteiger partial charge in [-0.1, -0.05) is 11.6 Å². The van der Waals surface area contributed by atoms with Gasteiger partial charge in [-0.25, -0.2) is 0 Å². The summed E-state index contributed by atoms with van der Waals surface area (Å²) in [4.78, 5) is 14.1. The van der Waals surface area contributed by atoms with E-state index >= 15 is 0 Å². The molecule has 116 valence electrons. The van der Waals surface area contributed by atoms with E-state index in [1.54, 1.807) is 13.2 Å². The predicted molar refractivity (Wildman–Crippen MR) is 88.1 cm³/mol. The van der Waals surface area contributed by atoms with Crippen LogP contribution < -0.4 is 10.1 Å². The van der Waals surface area contributed by atoms with E-state index in [0.717, 1.165) is 49.5 Å². The van der Waals surface area contributed by atoms with Gasteiger partial charge in [0.2, 0.25) is 5.91 Å². The third-order valence-corrected chi connectivity index (χ3v) is 3.44. The Balaban J connectivity index is 0.00000220. The summed E-state index contributed by atoms with van der Waals surface area (Å²) < 4.78 is 5.31. The van der Waals surface area contributed by atoms with Crippen LogP contribution in [0.2, 0.25) is 0 Å². The van der Waals surface area contributed by atoms with Crippen molar-refractivity contribution in [3.05, 3.63) is 35.4 Å². The predicted octanol–water partition coefficient (Wildman–Crippen LogP) is 2.26. The zero-order valence-corrected chi connectivity index (χ0v) is 13.4. The molecular weight excluding hydrogens is 288 g/mol. The summed E-state index contributed by atoms with van der Waals surface area (Å²) >= 11 is 0. The second-order valence-corrected chi connectivity index (χ2v) is 5.01. The van der Waals surface area contributed by atoms with Gasteiger partial charge in [0, 0.05) is 31.3 Å². The van der Waals surface area contributed by atoms with Crippen molar-refractivity contribution in [3.8, 4) is 5.75 Å². The molecule has 1 aromatic rings. The van der Waals surface area contributed by atoms with E-state index in [-0.39, 0.29) is 18.3 Å². The highest BCUT2D eigenvalue weighted by molar-refractivity contribution is 5.92. The molecule has 0 spiro atoms. The molecule has 0 bridgehead atoms. The van der Waals surface area contributed by atoms with Gasteiger partial charge in [0.1, 0.15) is 5.75 Å². The van der Waals surface area contributed by atoms with Crippen LogP contribution in [0.25, 0.3) is 6.08 Å². The number of aryl methyl sites for hydroxylation is 1. The Labute approximate surface area is 132 Å². The molecule has 0 radical (unpaired) electrons. The number of rotatable bonds is 3. The molecule has 2 rings (SSSR count). The summed E-state index contributed by atoms with van der Waals surface area (Å²) in [6, 6.07) is 5.94. The normalized spacial score (nSPS) is 15.4. The minimum Gasteiger partial charge on any atom is -0.496 e. The van der Waals surface area contributed by atoms with Crippen molar-refractivity contribution in [3.63, 3.8) is 0 Å². The van der Waals surface area contributed by atoms with Crippen LogP contribution in [-0.4, -0.2) is 44.1 Å². The molecule has 1 heterocycles. The smallest absolute Gasteiger partial charge is 0.246 e. The summed E-state index contributed by atoms with van der Waals surface area (Å²) in [5.41, 5.74) is 2.09. The van der Waals surface area contributed by atoms with E-state index in [9.17, 15) is 4.79 Å². The lowest BCUT2D eigenvalue weighted by molar-refractivity contribution is -0.125. The Morgan fingerprint density at radius 2 is 2.14 bits per heavy atom. The summed E-state index contributed by atoms with van der Waals surface area (Å²) in [6.45, 7) is 5.47. The Morgan fingerprint density at radius 3 is 2.90 bits per heavy atom. The largest absolute Gasteiger partial charge is 0.496 e. The molecule has 1 aliphatic heterocycles. The molecule has 0 unspecified atom stereocenters. The zero-order valence-electron chi connectivity index (χ0n) is 12.6. The number of benzene rings is 1. The van der Waals surface area contributed by atoms with E-state index in [0.29, 0.717) is 0 Å². The fourth-order valence-electron chi connectivity index (χ4n) is 2.32. The van der Waals surface area contributed by atoms with E-state index < -0.39 is 0 Å². The zero-order chi connectivity index (χ0) is 14.4. The summed E-state index contributed by atoms with van der Waals surface area (Å²) in [5.74, 6) is 0.856. The highest BCUT2D eigenvalue weighted by atomic mass is 35.5. The standard InChI is InChI=1S/C16H22N2O2.ClH/c1-13-4-6-15(20-2)14(12-13)5-7-16(19)18-10-3-8-17-9-11-18;/h4-7,12,17H,3,8-11H2,1-2H3;1H. The van der Waals surface area contributed by atoms with Gasteiger partial charge in [-0.3, -0.25) is 4.79 Å². The maximum Gasteiger partial charge on any atom is 0.246 e. The van der Waals surface area contributed by atoms with Crippen molar-refractivity contribution in [1.82, 2.24) is 10.2 Å². The summed E-state index contributed by atoms with van der Waals surface area (Å²) in [6.07, 6.45) is 4.49. The lowest BCUT2D eigenvalue weighted by Crippen LogP contribution is -2.32. The van der Waals surface area contributed by atoms with E-state index in [1.165, 1.54) is 0 Å². The highest BCUT2D eigenvalue weighted by Crippen LogP contribution is 2.21. The highest BCUT2D eigenvalue weighted by Gasteiger charge is 2.12. The number of amides is 1. The van der Waals surface area contributed by atoms with Gasteiger partial charge in [0.05, 0.1) is 7.11 Å². The van der Waals surface area contributed by atoms with Crippen molar-refractivity contribution >= 4 is 24.4 Å². The fraction of sp³-hybridized carbons (Fsp3) is 0.438. The molecule has 0 atom stereocenters. The first-order valence-electron chi connectivity index (χ1n) is 7.03. The Bertz CT molecular complexity index is 495. The minimum absolute atomic E-state index is 0. The second kappa shape index (κ2) is 8.70. The molecule has 1 N–H and O–H groups in total. The Kier molecular flexibility index (Phi) is 7.26. The molecule has 0 aliphatic carbocycles. The topological polar surface area (TPSA) is 41.6 Å². The average Bonchev–Trinajstić information content (AvgIpc) is 2.74. The first kappa shape index (κ1) is 17.5. The van der Waals surface area contributed by atoms with Gasteiger partial charge >= 0.3 is 0 Å². The molecule has 21 heavy (non-hydrogen) atoms. The van der Waals surface area contributed by atoms with Crippen LogP contribution in [0.1, 0.15) is 17.5 Å². The summed E-state index contributed by atoms with van der Waals surface area (Å²) in [7, 11) is 1.64. The third-order valence-electron chi connectivity index (χ3n) is 3.44. The second-order valence-electron chi connectivity index (χ2n) is 5.01. The van der Waals surface area contributed by atoms with Crippen LogP contribution in [0.15, 0.2) is 24.3 Å². The van der Waals surface area contributed by atoms with Crippen molar-refractivity contribution in [1.29, 1.82) is 0 Å². The average molecular weight is 311 g/mol. The SMILES string of the molecule is COc1ccc(C)cc1C=CC(=O)N1CCCNCC1.Cl. The number of carbonyl (C=O) groups is 1. The van der Waals surface area contributed by atoms with Crippen molar-refractivity contribution in [2.24, 2.45) is 0 Å². The summed E-state index contributed by atoms with van der Waals surface area (Å²) in [5, 5.41) is 3.29. The molecule has 0 saturated carbocycles. The van der Waals surface area contributed by atoms with E-state index in [2.05, 4.69) is 5.32 Å². The molecule has 4 nitrogen and oxygen atoms in total. The van der Waals surface area contributed by atoms with E-state index in [1.807, 2.05) is 36.1 Å². The van der Waals surface area contributed by atoms with Gasteiger partial charge in [-0.15, -0.1) is 12.4 Å². The Morgan fingerprint density at radius 1 is 1.33 bits per heavy atom.